The maximum atomic E-state index is 12.8. The van der Waals surface area contributed by atoms with Gasteiger partial charge in [-0.15, -0.1) is 0 Å². The van der Waals surface area contributed by atoms with E-state index in [9.17, 15) is 4.79 Å². The molecule has 7 nitrogen and oxygen atoms in total. The van der Waals surface area contributed by atoms with Gasteiger partial charge in [-0.3, -0.25) is 9.69 Å². The van der Waals surface area contributed by atoms with Gasteiger partial charge in [-0.2, -0.15) is 0 Å². The molecule has 7 heteroatoms. The average Bonchev–Trinajstić information content (AvgIpc) is 2.79. The molecular weight excluding hydrogens is 384 g/mol. The molecule has 1 amide bonds. The van der Waals surface area contributed by atoms with Gasteiger partial charge in [0.15, 0.2) is 17.6 Å². The third kappa shape index (κ3) is 4.97. The van der Waals surface area contributed by atoms with E-state index in [1.165, 1.54) is 0 Å². The van der Waals surface area contributed by atoms with Crippen LogP contribution >= 0.6 is 0 Å². The number of nitrogens with zero attached hydrogens (tertiary/aromatic N) is 2. The van der Waals surface area contributed by atoms with Crippen LogP contribution in [0.25, 0.3) is 0 Å². The lowest BCUT2D eigenvalue weighted by molar-refractivity contribution is -0.139. The third-order valence-corrected chi connectivity index (χ3v) is 5.27. The van der Waals surface area contributed by atoms with Crippen LogP contribution in [0.4, 0.5) is 0 Å². The number of carbonyl (C=O) groups excluding carboxylic acids is 1. The molecule has 1 atom stereocenters. The molecule has 1 saturated heterocycles. The minimum absolute atomic E-state index is 0.0159. The standard InChI is InChI=1S/C23H30N2O5/c1-17(30-19-8-6-5-7-9-19)23(26)25-14-12-24(13-15-25)16-18-10-11-20(27-2)22(29-4)21(18)28-3/h5-11,17H,12-16H2,1-4H3. The van der Waals surface area contributed by atoms with Crippen molar-refractivity contribution in [1.29, 1.82) is 0 Å². The van der Waals surface area contributed by atoms with Crippen LogP contribution in [0.1, 0.15) is 12.5 Å². The molecule has 1 aliphatic rings. The van der Waals surface area contributed by atoms with Crippen molar-refractivity contribution >= 4 is 5.91 Å². The molecule has 1 fully saturated rings. The fraction of sp³-hybridized carbons (Fsp3) is 0.435. The summed E-state index contributed by atoms with van der Waals surface area (Å²) in [4.78, 5) is 16.9. The molecule has 0 aliphatic carbocycles. The van der Waals surface area contributed by atoms with Gasteiger partial charge >= 0.3 is 0 Å². The molecule has 0 aromatic heterocycles. The fourth-order valence-corrected chi connectivity index (χ4v) is 3.67. The molecule has 2 aromatic carbocycles. The molecule has 0 radical (unpaired) electrons. The Hall–Kier alpha value is -2.93. The number of ether oxygens (including phenoxy) is 4. The maximum Gasteiger partial charge on any atom is 0.263 e. The summed E-state index contributed by atoms with van der Waals surface area (Å²) >= 11 is 0. The lowest BCUT2D eigenvalue weighted by atomic mass is 10.1. The van der Waals surface area contributed by atoms with Gasteiger partial charge in [0.25, 0.3) is 5.91 Å². The largest absolute Gasteiger partial charge is 0.493 e. The second kappa shape index (κ2) is 10.2. The zero-order valence-corrected chi connectivity index (χ0v) is 18.1. The Morgan fingerprint density at radius 1 is 0.900 bits per heavy atom. The molecular formula is C23H30N2O5. The molecule has 1 heterocycles. The van der Waals surface area contributed by atoms with Gasteiger partial charge in [0, 0.05) is 38.3 Å². The molecule has 0 N–H and O–H groups in total. The smallest absolute Gasteiger partial charge is 0.263 e. The predicted octanol–water partition coefficient (Wildman–Crippen LogP) is 2.82. The van der Waals surface area contributed by atoms with Crippen LogP contribution in [0, 0.1) is 0 Å². The summed E-state index contributed by atoms with van der Waals surface area (Å²) < 4.78 is 22.2. The van der Waals surface area contributed by atoms with Crippen molar-refractivity contribution in [3.05, 3.63) is 48.0 Å². The fourth-order valence-electron chi connectivity index (χ4n) is 3.67. The summed E-state index contributed by atoms with van der Waals surface area (Å²) in [5.74, 6) is 2.64. The molecule has 0 bridgehead atoms. The van der Waals surface area contributed by atoms with Crippen molar-refractivity contribution in [3.63, 3.8) is 0 Å². The van der Waals surface area contributed by atoms with Crippen LogP contribution in [0.5, 0.6) is 23.0 Å². The van der Waals surface area contributed by atoms with Crippen LogP contribution in [0.3, 0.4) is 0 Å². The lowest BCUT2D eigenvalue weighted by Gasteiger charge is -2.36. The SMILES string of the molecule is COc1ccc(CN2CCN(C(=O)C(C)Oc3ccccc3)CC2)c(OC)c1OC. The van der Waals surface area contributed by atoms with Gasteiger partial charge < -0.3 is 23.8 Å². The van der Waals surface area contributed by atoms with Crippen molar-refractivity contribution in [2.75, 3.05) is 47.5 Å². The molecule has 0 spiro atoms. The first-order chi connectivity index (χ1) is 14.6. The quantitative estimate of drug-likeness (QED) is 0.662. The second-order valence-corrected chi connectivity index (χ2v) is 7.17. The molecule has 0 saturated carbocycles. The average molecular weight is 415 g/mol. The van der Waals surface area contributed by atoms with Crippen LogP contribution in [-0.2, 0) is 11.3 Å². The zero-order valence-electron chi connectivity index (χ0n) is 18.1. The first-order valence-electron chi connectivity index (χ1n) is 10.1. The van der Waals surface area contributed by atoms with Crippen LogP contribution < -0.4 is 18.9 Å². The summed E-state index contributed by atoms with van der Waals surface area (Å²) in [5.41, 5.74) is 1.02. The number of amides is 1. The van der Waals surface area contributed by atoms with Gasteiger partial charge in [0.1, 0.15) is 5.75 Å². The number of hydrogen-bond donors (Lipinski definition) is 0. The highest BCUT2D eigenvalue weighted by molar-refractivity contribution is 5.81. The monoisotopic (exact) mass is 414 g/mol. The normalized spacial score (nSPS) is 15.4. The van der Waals surface area contributed by atoms with Crippen molar-refractivity contribution in [2.24, 2.45) is 0 Å². The minimum Gasteiger partial charge on any atom is -0.493 e. The number of methoxy groups -OCH3 is 3. The Labute approximate surface area is 178 Å². The van der Waals surface area contributed by atoms with Crippen molar-refractivity contribution in [1.82, 2.24) is 9.80 Å². The third-order valence-electron chi connectivity index (χ3n) is 5.27. The van der Waals surface area contributed by atoms with E-state index in [-0.39, 0.29) is 5.91 Å². The minimum atomic E-state index is -0.509. The Balaban J connectivity index is 1.57. The van der Waals surface area contributed by atoms with Crippen molar-refractivity contribution in [2.45, 2.75) is 19.6 Å². The summed E-state index contributed by atoms with van der Waals surface area (Å²) in [7, 11) is 4.84. The number of para-hydroxylation sites is 1. The van der Waals surface area contributed by atoms with E-state index < -0.39 is 6.10 Å². The van der Waals surface area contributed by atoms with Gasteiger partial charge in [-0.25, -0.2) is 0 Å². The highest BCUT2D eigenvalue weighted by Crippen LogP contribution is 2.40. The topological polar surface area (TPSA) is 60.5 Å². The van der Waals surface area contributed by atoms with E-state index in [4.69, 9.17) is 18.9 Å². The lowest BCUT2D eigenvalue weighted by Crippen LogP contribution is -2.51. The maximum absolute atomic E-state index is 12.8. The number of rotatable bonds is 8. The summed E-state index contributed by atoms with van der Waals surface area (Å²) in [6.45, 7) is 5.40. The van der Waals surface area contributed by atoms with Crippen LogP contribution in [0.2, 0.25) is 0 Å². The number of carbonyl (C=O) groups is 1. The first-order valence-corrected chi connectivity index (χ1v) is 10.1. The Morgan fingerprint density at radius 3 is 2.17 bits per heavy atom. The van der Waals surface area contributed by atoms with E-state index in [0.29, 0.717) is 42.6 Å². The van der Waals surface area contributed by atoms with Crippen LogP contribution in [-0.4, -0.2) is 69.3 Å². The summed E-state index contributed by atoms with van der Waals surface area (Å²) in [6.07, 6.45) is -0.509. The van der Waals surface area contributed by atoms with Gasteiger partial charge in [0.05, 0.1) is 21.3 Å². The van der Waals surface area contributed by atoms with Gasteiger partial charge in [-0.05, 0) is 25.1 Å². The number of hydrogen-bond acceptors (Lipinski definition) is 6. The van der Waals surface area contributed by atoms with E-state index in [0.717, 1.165) is 18.7 Å². The zero-order chi connectivity index (χ0) is 21.5. The molecule has 3 rings (SSSR count). The molecule has 1 unspecified atom stereocenters. The second-order valence-electron chi connectivity index (χ2n) is 7.17. The van der Waals surface area contributed by atoms with E-state index in [1.807, 2.05) is 47.4 Å². The molecule has 30 heavy (non-hydrogen) atoms. The van der Waals surface area contributed by atoms with Gasteiger partial charge in [0.2, 0.25) is 5.75 Å². The first kappa shape index (κ1) is 21.8. The van der Waals surface area contributed by atoms with Crippen molar-refractivity contribution in [3.8, 4) is 23.0 Å². The summed E-state index contributed by atoms with van der Waals surface area (Å²) in [6, 6.07) is 13.3. The van der Waals surface area contributed by atoms with Crippen molar-refractivity contribution < 1.29 is 23.7 Å². The van der Waals surface area contributed by atoms with E-state index in [2.05, 4.69) is 4.90 Å². The number of benzene rings is 2. The Morgan fingerprint density at radius 2 is 1.57 bits per heavy atom. The van der Waals surface area contributed by atoms with E-state index >= 15 is 0 Å². The molecule has 1 aliphatic heterocycles. The van der Waals surface area contributed by atoms with Gasteiger partial charge in [-0.1, -0.05) is 24.3 Å². The summed E-state index contributed by atoms with van der Waals surface area (Å²) in [5, 5.41) is 0. The number of piperazine rings is 1. The highest BCUT2D eigenvalue weighted by Gasteiger charge is 2.27. The molecule has 162 valence electrons. The van der Waals surface area contributed by atoms with Crippen LogP contribution in [0.15, 0.2) is 42.5 Å². The predicted molar refractivity (Wildman–Crippen MR) is 114 cm³/mol. The Kier molecular flexibility index (Phi) is 7.41. The Bertz CT molecular complexity index is 835. The highest BCUT2D eigenvalue weighted by atomic mass is 16.5. The molecule has 2 aromatic rings. The van der Waals surface area contributed by atoms with E-state index in [1.54, 1.807) is 28.3 Å².